The maximum absolute atomic E-state index is 12.8. The van der Waals surface area contributed by atoms with Crippen LogP contribution in [0.25, 0.3) is 0 Å². The molecule has 2 aromatic rings. The molecule has 0 saturated carbocycles. The van der Waals surface area contributed by atoms with Crippen molar-refractivity contribution in [1.29, 1.82) is 0 Å². The van der Waals surface area contributed by atoms with Crippen LogP contribution in [0.3, 0.4) is 0 Å². The van der Waals surface area contributed by atoms with E-state index in [4.69, 9.17) is 18.9 Å². The van der Waals surface area contributed by atoms with Crippen LogP contribution in [-0.2, 0) is 4.79 Å². The fraction of sp³-hybridized carbons (Fsp3) is 0.263. The molecule has 0 aliphatic heterocycles. The van der Waals surface area contributed by atoms with Crippen LogP contribution in [-0.4, -0.2) is 40.3 Å². The number of benzene rings is 2. The second-order valence-corrected chi connectivity index (χ2v) is 5.46. The van der Waals surface area contributed by atoms with Crippen LogP contribution in [0.15, 0.2) is 30.3 Å². The van der Waals surface area contributed by atoms with Gasteiger partial charge in [-0.2, -0.15) is 0 Å². The van der Waals surface area contributed by atoms with E-state index in [2.05, 4.69) is 10.6 Å². The van der Waals surface area contributed by atoms with Gasteiger partial charge in [0.2, 0.25) is 11.7 Å². The number of hydrogen-bond acceptors (Lipinski definition) is 6. The second-order valence-electron chi connectivity index (χ2n) is 5.46. The third kappa shape index (κ3) is 4.60. The monoisotopic (exact) mass is 374 g/mol. The van der Waals surface area contributed by atoms with E-state index in [0.29, 0.717) is 39.9 Å². The Morgan fingerprint density at radius 2 is 1.41 bits per heavy atom. The molecule has 0 aliphatic rings. The molecule has 27 heavy (non-hydrogen) atoms. The Morgan fingerprint density at radius 3 is 1.89 bits per heavy atom. The van der Waals surface area contributed by atoms with Gasteiger partial charge in [0.15, 0.2) is 11.5 Å². The summed E-state index contributed by atoms with van der Waals surface area (Å²) < 4.78 is 21.0. The summed E-state index contributed by atoms with van der Waals surface area (Å²) in [7, 11) is 5.93. The summed E-state index contributed by atoms with van der Waals surface area (Å²) >= 11 is 0. The lowest BCUT2D eigenvalue weighted by molar-refractivity contribution is -0.114. The van der Waals surface area contributed by atoms with Crippen LogP contribution in [0.5, 0.6) is 23.0 Å². The van der Waals surface area contributed by atoms with Gasteiger partial charge in [-0.05, 0) is 24.3 Å². The molecule has 8 heteroatoms. The molecular weight excluding hydrogens is 352 g/mol. The lowest BCUT2D eigenvalue weighted by Crippen LogP contribution is -2.15. The van der Waals surface area contributed by atoms with Crippen LogP contribution in [0.2, 0.25) is 0 Å². The first-order valence-electron chi connectivity index (χ1n) is 8.00. The van der Waals surface area contributed by atoms with E-state index in [-0.39, 0.29) is 5.91 Å². The van der Waals surface area contributed by atoms with Gasteiger partial charge in [-0.1, -0.05) is 0 Å². The highest BCUT2D eigenvalue weighted by Gasteiger charge is 2.18. The number of anilines is 2. The molecule has 0 aliphatic carbocycles. The van der Waals surface area contributed by atoms with Crippen molar-refractivity contribution >= 4 is 23.2 Å². The zero-order valence-electron chi connectivity index (χ0n) is 15.8. The standard InChI is InChI=1S/C19H22N2O6/c1-11(22)20-14-7-6-13(24-2)10-15(14)21-19(23)12-8-16(25-3)18(27-5)17(9-12)26-4/h6-10H,1-5H3,(H,20,22)(H,21,23). The van der Waals surface area contributed by atoms with Gasteiger partial charge in [-0.25, -0.2) is 0 Å². The summed E-state index contributed by atoms with van der Waals surface area (Å²) in [4.78, 5) is 24.2. The second kappa shape index (κ2) is 8.79. The van der Waals surface area contributed by atoms with E-state index in [1.165, 1.54) is 47.5 Å². The first kappa shape index (κ1) is 19.9. The number of hydrogen-bond donors (Lipinski definition) is 2. The topological polar surface area (TPSA) is 95.1 Å². The van der Waals surface area contributed by atoms with Gasteiger partial charge in [0.1, 0.15) is 5.75 Å². The first-order chi connectivity index (χ1) is 12.9. The highest BCUT2D eigenvalue weighted by Crippen LogP contribution is 2.38. The molecule has 0 heterocycles. The van der Waals surface area contributed by atoms with Crippen molar-refractivity contribution in [2.45, 2.75) is 6.92 Å². The van der Waals surface area contributed by atoms with Gasteiger partial charge in [-0.3, -0.25) is 9.59 Å². The highest BCUT2D eigenvalue weighted by atomic mass is 16.5. The third-order valence-corrected chi connectivity index (χ3v) is 3.71. The number of carbonyl (C=O) groups excluding carboxylic acids is 2. The highest BCUT2D eigenvalue weighted by molar-refractivity contribution is 6.08. The Hall–Kier alpha value is -3.42. The van der Waals surface area contributed by atoms with E-state index in [1.807, 2.05) is 0 Å². The van der Waals surface area contributed by atoms with Gasteiger partial charge < -0.3 is 29.6 Å². The smallest absolute Gasteiger partial charge is 0.256 e. The molecule has 0 bridgehead atoms. The zero-order chi connectivity index (χ0) is 20.0. The van der Waals surface area contributed by atoms with Gasteiger partial charge in [0, 0.05) is 18.6 Å². The number of ether oxygens (including phenoxy) is 4. The SMILES string of the molecule is COc1ccc(NC(C)=O)c(NC(=O)c2cc(OC)c(OC)c(OC)c2)c1. The van der Waals surface area contributed by atoms with Crippen LogP contribution in [0.4, 0.5) is 11.4 Å². The predicted molar refractivity (Wildman–Crippen MR) is 101 cm³/mol. The Kier molecular flexibility index (Phi) is 6.48. The fourth-order valence-electron chi connectivity index (χ4n) is 2.46. The lowest BCUT2D eigenvalue weighted by atomic mass is 10.1. The fourth-order valence-corrected chi connectivity index (χ4v) is 2.46. The minimum atomic E-state index is -0.422. The molecule has 0 aromatic heterocycles. The largest absolute Gasteiger partial charge is 0.497 e. The van der Waals surface area contributed by atoms with Crippen molar-refractivity contribution < 1.29 is 28.5 Å². The minimum absolute atomic E-state index is 0.261. The molecule has 2 rings (SSSR count). The van der Waals surface area contributed by atoms with E-state index >= 15 is 0 Å². The summed E-state index contributed by atoms with van der Waals surface area (Å²) in [6, 6.07) is 8.01. The van der Waals surface area contributed by atoms with Crippen LogP contribution in [0.1, 0.15) is 17.3 Å². The minimum Gasteiger partial charge on any atom is -0.497 e. The van der Waals surface area contributed by atoms with Gasteiger partial charge >= 0.3 is 0 Å². The van der Waals surface area contributed by atoms with E-state index in [0.717, 1.165) is 0 Å². The molecule has 0 fully saturated rings. The van der Waals surface area contributed by atoms with Crippen molar-refractivity contribution in [2.75, 3.05) is 39.1 Å². The summed E-state index contributed by atoms with van der Waals surface area (Å²) in [6.07, 6.45) is 0. The third-order valence-electron chi connectivity index (χ3n) is 3.71. The molecule has 0 radical (unpaired) electrons. The molecular formula is C19H22N2O6. The number of carbonyl (C=O) groups is 2. The summed E-state index contributed by atoms with van der Waals surface area (Å²) in [5.74, 6) is 0.947. The van der Waals surface area contributed by atoms with Crippen molar-refractivity contribution in [3.63, 3.8) is 0 Å². The molecule has 2 N–H and O–H groups in total. The molecule has 0 atom stereocenters. The van der Waals surface area contributed by atoms with E-state index < -0.39 is 5.91 Å². The van der Waals surface area contributed by atoms with Crippen LogP contribution < -0.4 is 29.6 Å². The average molecular weight is 374 g/mol. The normalized spacial score (nSPS) is 9.96. The molecule has 0 spiro atoms. The quantitative estimate of drug-likeness (QED) is 0.774. The number of amides is 2. The average Bonchev–Trinajstić information content (AvgIpc) is 2.67. The van der Waals surface area contributed by atoms with Crippen molar-refractivity contribution in [3.8, 4) is 23.0 Å². The van der Waals surface area contributed by atoms with Gasteiger partial charge in [0.05, 0.1) is 39.8 Å². The maximum Gasteiger partial charge on any atom is 0.256 e. The molecule has 0 unspecified atom stereocenters. The predicted octanol–water partition coefficient (Wildman–Crippen LogP) is 2.93. The molecule has 0 saturated heterocycles. The Labute approximate surface area is 157 Å². The number of rotatable bonds is 7. The van der Waals surface area contributed by atoms with Crippen molar-refractivity contribution in [3.05, 3.63) is 35.9 Å². The summed E-state index contributed by atoms with van der Waals surface area (Å²) in [6.45, 7) is 1.38. The molecule has 8 nitrogen and oxygen atoms in total. The first-order valence-corrected chi connectivity index (χ1v) is 8.00. The van der Waals surface area contributed by atoms with E-state index in [1.54, 1.807) is 18.2 Å². The van der Waals surface area contributed by atoms with Crippen LogP contribution >= 0.6 is 0 Å². The summed E-state index contributed by atoms with van der Waals surface area (Å²) in [5, 5.41) is 5.43. The molecule has 2 aromatic carbocycles. The number of methoxy groups -OCH3 is 4. The van der Waals surface area contributed by atoms with Crippen molar-refractivity contribution in [1.82, 2.24) is 0 Å². The van der Waals surface area contributed by atoms with E-state index in [9.17, 15) is 9.59 Å². The van der Waals surface area contributed by atoms with Crippen LogP contribution in [0, 0.1) is 0 Å². The van der Waals surface area contributed by atoms with Gasteiger partial charge in [-0.15, -0.1) is 0 Å². The lowest BCUT2D eigenvalue weighted by Gasteiger charge is -2.16. The number of nitrogens with one attached hydrogen (secondary N) is 2. The van der Waals surface area contributed by atoms with Gasteiger partial charge in [0.25, 0.3) is 5.91 Å². The zero-order valence-corrected chi connectivity index (χ0v) is 15.8. The molecule has 144 valence electrons. The Morgan fingerprint density at radius 1 is 0.778 bits per heavy atom. The molecule has 2 amide bonds. The Bertz CT molecular complexity index is 825. The maximum atomic E-state index is 12.8. The Balaban J connectivity index is 2.41. The summed E-state index contributed by atoms with van der Waals surface area (Å²) in [5.41, 5.74) is 1.13. The van der Waals surface area contributed by atoms with Crippen molar-refractivity contribution in [2.24, 2.45) is 0 Å².